The molecule has 1 aromatic heterocycles. The molecule has 5 heteroatoms. The first-order valence-corrected chi connectivity index (χ1v) is 5.99. The van der Waals surface area contributed by atoms with Gasteiger partial charge >= 0.3 is 0 Å². The second kappa shape index (κ2) is 7.54. The maximum absolute atomic E-state index is 12.0. The van der Waals surface area contributed by atoms with E-state index in [4.69, 9.17) is 5.26 Å². The number of aromatic nitrogens is 2. The number of carbonyl (C=O) groups excluding carboxylic acids is 1. The monoisotopic (exact) mass is 268 g/mol. The van der Waals surface area contributed by atoms with Crippen molar-refractivity contribution < 1.29 is 4.79 Å². The molecule has 0 spiro atoms. The van der Waals surface area contributed by atoms with Crippen LogP contribution < -0.4 is 5.32 Å². The van der Waals surface area contributed by atoms with Gasteiger partial charge in [0.25, 0.3) is 5.91 Å². The van der Waals surface area contributed by atoms with Gasteiger partial charge in [0.15, 0.2) is 0 Å². The molecule has 0 aliphatic rings. The number of hydrogen-bond donors (Lipinski definition) is 2. The summed E-state index contributed by atoms with van der Waals surface area (Å²) in [6, 6.07) is 1.59. The molecule has 0 aliphatic heterocycles. The second-order valence-corrected chi connectivity index (χ2v) is 3.95. The van der Waals surface area contributed by atoms with Crippen molar-refractivity contribution in [1.29, 1.82) is 5.26 Å². The largest absolute Gasteiger partial charge is 0.345 e. The maximum Gasteiger partial charge on any atom is 0.262 e. The lowest BCUT2D eigenvalue weighted by Crippen LogP contribution is -2.34. The molecule has 20 heavy (non-hydrogen) atoms. The van der Waals surface area contributed by atoms with Crippen molar-refractivity contribution in [2.45, 2.75) is 13.0 Å². The standard InChI is InChI=1S/C15H16N4O/c1-4-6-12(5-2)11(3)19-15(20)13(10-16)9-14-17-7-8-18-14/h4-9,11H,1-2H2,3H3,(H,17,18)(H,19,20)/b12-6+,13-9+/t11-/m0/s1. The van der Waals surface area contributed by atoms with E-state index in [9.17, 15) is 4.79 Å². The van der Waals surface area contributed by atoms with E-state index in [2.05, 4.69) is 28.4 Å². The Morgan fingerprint density at radius 3 is 2.85 bits per heavy atom. The Kier molecular flexibility index (Phi) is 5.73. The van der Waals surface area contributed by atoms with Gasteiger partial charge in [-0.3, -0.25) is 4.79 Å². The summed E-state index contributed by atoms with van der Waals surface area (Å²) in [7, 11) is 0. The van der Waals surface area contributed by atoms with Crippen molar-refractivity contribution in [1.82, 2.24) is 15.3 Å². The van der Waals surface area contributed by atoms with Crippen LogP contribution in [0.15, 0.2) is 54.9 Å². The molecule has 5 nitrogen and oxygen atoms in total. The van der Waals surface area contributed by atoms with Crippen LogP contribution >= 0.6 is 0 Å². The molecule has 102 valence electrons. The van der Waals surface area contributed by atoms with Crippen LogP contribution in [0.3, 0.4) is 0 Å². The molecule has 0 fully saturated rings. The Hall–Kier alpha value is -2.87. The van der Waals surface area contributed by atoms with Crippen molar-refractivity contribution in [3.8, 4) is 6.07 Å². The number of aromatic amines is 1. The van der Waals surface area contributed by atoms with Crippen LogP contribution in [0.4, 0.5) is 0 Å². The molecule has 0 saturated carbocycles. The number of rotatable bonds is 6. The average molecular weight is 268 g/mol. The molecule has 1 atom stereocenters. The molecule has 0 bridgehead atoms. The summed E-state index contributed by atoms with van der Waals surface area (Å²) in [5.74, 6) is -0.0110. The fraction of sp³-hybridized carbons (Fsp3) is 0.133. The highest BCUT2D eigenvalue weighted by Crippen LogP contribution is 2.06. The number of hydrogen-bond acceptors (Lipinski definition) is 3. The van der Waals surface area contributed by atoms with Crippen LogP contribution in [0, 0.1) is 11.3 Å². The minimum atomic E-state index is -0.465. The first-order chi connectivity index (χ1) is 9.62. The lowest BCUT2D eigenvalue weighted by atomic mass is 10.1. The van der Waals surface area contributed by atoms with Gasteiger partial charge in [0, 0.05) is 18.5 Å². The topological polar surface area (TPSA) is 81.6 Å². The molecule has 1 rings (SSSR count). The Labute approximate surface area is 118 Å². The van der Waals surface area contributed by atoms with Crippen LogP contribution in [-0.4, -0.2) is 21.9 Å². The van der Waals surface area contributed by atoms with E-state index in [1.165, 1.54) is 6.08 Å². The number of nitrogens with zero attached hydrogens (tertiary/aromatic N) is 2. The molecular formula is C15H16N4O. The number of imidazole rings is 1. The molecular weight excluding hydrogens is 252 g/mol. The fourth-order valence-electron chi connectivity index (χ4n) is 1.52. The molecule has 1 heterocycles. The number of amides is 1. The zero-order valence-corrected chi connectivity index (χ0v) is 11.3. The summed E-state index contributed by atoms with van der Waals surface area (Å²) in [6.07, 6.45) is 9.56. The van der Waals surface area contributed by atoms with Gasteiger partial charge in [-0.1, -0.05) is 31.4 Å². The molecule has 0 aromatic carbocycles. The van der Waals surface area contributed by atoms with Gasteiger partial charge in [0.1, 0.15) is 17.5 Å². The van der Waals surface area contributed by atoms with Crippen LogP contribution in [0.1, 0.15) is 12.7 Å². The van der Waals surface area contributed by atoms with Crippen LogP contribution in [0.25, 0.3) is 6.08 Å². The number of allylic oxidation sites excluding steroid dienone is 2. The lowest BCUT2D eigenvalue weighted by molar-refractivity contribution is -0.117. The third-order valence-corrected chi connectivity index (χ3v) is 2.56. The van der Waals surface area contributed by atoms with Crippen LogP contribution in [-0.2, 0) is 4.79 Å². The van der Waals surface area contributed by atoms with Gasteiger partial charge < -0.3 is 10.3 Å². The summed E-state index contributed by atoms with van der Waals surface area (Å²) >= 11 is 0. The van der Waals surface area contributed by atoms with E-state index in [1.54, 1.807) is 37.5 Å². The quantitative estimate of drug-likeness (QED) is 0.471. The summed E-state index contributed by atoms with van der Waals surface area (Å²) in [5, 5.41) is 11.8. The normalized spacial score (nSPS) is 13.2. The van der Waals surface area contributed by atoms with Crippen molar-refractivity contribution in [2.75, 3.05) is 0 Å². The number of H-pyrrole nitrogens is 1. The summed E-state index contributed by atoms with van der Waals surface area (Å²) in [6.45, 7) is 9.07. The van der Waals surface area contributed by atoms with Gasteiger partial charge in [0.2, 0.25) is 0 Å². The number of nitriles is 1. The maximum atomic E-state index is 12.0. The third kappa shape index (κ3) is 4.10. The fourth-order valence-corrected chi connectivity index (χ4v) is 1.52. The van der Waals surface area contributed by atoms with E-state index < -0.39 is 5.91 Å². The van der Waals surface area contributed by atoms with E-state index in [0.717, 1.165) is 5.57 Å². The molecule has 0 saturated heterocycles. The average Bonchev–Trinajstić information content (AvgIpc) is 2.94. The predicted octanol–water partition coefficient (Wildman–Crippen LogP) is 2.12. The van der Waals surface area contributed by atoms with Crippen LogP contribution in [0.2, 0.25) is 0 Å². The van der Waals surface area contributed by atoms with Gasteiger partial charge in [-0.2, -0.15) is 5.26 Å². The number of nitrogens with one attached hydrogen (secondary N) is 2. The molecule has 0 unspecified atom stereocenters. The van der Waals surface area contributed by atoms with Gasteiger partial charge in [-0.05, 0) is 12.5 Å². The van der Waals surface area contributed by atoms with Crippen molar-refractivity contribution in [3.05, 3.63) is 60.8 Å². The molecule has 1 amide bonds. The number of carbonyl (C=O) groups is 1. The first-order valence-electron chi connectivity index (χ1n) is 5.99. The summed E-state index contributed by atoms with van der Waals surface area (Å²) in [4.78, 5) is 18.8. The molecule has 0 aliphatic carbocycles. The third-order valence-electron chi connectivity index (χ3n) is 2.56. The minimum Gasteiger partial charge on any atom is -0.345 e. The zero-order valence-electron chi connectivity index (χ0n) is 11.3. The highest BCUT2D eigenvalue weighted by atomic mass is 16.1. The Balaban J connectivity index is 2.84. The van der Waals surface area contributed by atoms with Crippen molar-refractivity contribution in [3.63, 3.8) is 0 Å². The van der Waals surface area contributed by atoms with E-state index in [1.807, 2.05) is 6.07 Å². The molecule has 1 aromatic rings. The summed E-state index contributed by atoms with van der Waals surface area (Å²) in [5.41, 5.74) is 0.789. The van der Waals surface area contributed by atoms with Gasteiger partial charge in [-0.25, -0.2) is 4.98 Å². The van der Waals surface area contributed by atoms with E-state index in [-0.39, 0.29) is 11.6 Å². The van der Waals surface area contributed by atoms with Crippen molar-refractivity contribution >= 4 is 12.0 Å². The molecule has 0 radical (unpaired) electrons. The Morgan fingerprint density at radius 2 is 2.35 bits per heavy atom. The minimum absolute atomic E-state index is 0.0196. The highest BCUT2D eigenvalue weighted by Gasteiger charge is 2.14. The lowest BCUT2D eigenvalue weighted by Gasteiger charge is -2.14. The highest BCUT2D eigenvalue weighted by molar-refractivity contribution is 6.01. The summed E-state index contributed by atoms with van der Waals surface area (Å²) < 4.78 is 0. The van der Waals surface area contributed by atoms with E-state index >= 15 is 0 Å². The van der Waals surface area contributed by atoms with Gasteiger partial charge in [0.05, 0.1) is 6.04 Å². The SMILES string of the molecule is C=C/C=C(\C=C)[C@H](C)NC(=O)/C(C#N)=C/c1ncc[nH]1. The first kappa shape index (κ1) is 15.2. The van der Waals surface area contributed by atoms with Crippen LogP contribution in [0.5, 0.6) is 0 Å². The van der Waals surface area contributed by atoms with E-state index in [0.29, 0.717) is 5.82 Å². The van der Waals surface area contributed by atoms with Crippen molar-refractivity contribution in [2.24, 2.45) is 0 Å². The molecule has 2 N–H and O–H groups in total. The zero-order chi connectivity index (χ0) is 15.0. The smallest absolute Gasteiger partial charge is 0.262 e. The predicted molar refractivity (Wildman–Crippen MR) is 78.3 cm³/mol. The van der Waals surface area contributed by atoms with Gasteiger partial charge in [-0.15, -0.1) is 0 Å². The Bertz CT molecular complexity index is 588. The second-order valence-electron chi connectivity index (χ2n) is 3.95. The Morgan fingerprint density at radius 1 is 1.60 bits per heavy atom.